The van der Waals surface area contributed by atoms with Gasteiger partial charge in [-0.1, -0.05) is 48.5 Å². The van der Waals surface area contributed by atoms with Crippen LogP contribution in [-0.2, 0) is 6.42 Å². The predicted octanol–water partition coefficient (Wildman–Crippen LogP) is 4.77. The molecule has 19 heavy (non-hydrogen) atoms. The van der Waals surface area contributed by atoms with E-state index in [-0.39, 0.29) is 6.04 Å². The third-order valence-corrected chi connectivity index (χ3v) is 4.40. The fraction of sp³-hybridized carbons (Fsp3) is 0.250. The molecule has 1 atom stereocenters. The van der Waals surface area contributed by atoms with Gasteiger partial charge in [0.25, 0.3) is 0 Å². The number of nitrogens with two attached hydrogens (primary N) is 1. The van der Waals surface area contributed by atoms with Gasteiger partial charge in [0.15, 0.2) is 0 Å². The lowest BCUT2D eigenvalue weighted by molar-refractivity contribution is 0.641. The molecular formula is C16H18ClNS. The average molecular weight is 292 g/mol. The molecule has 2 N–H and O–H groups in total. The van der Waals surface area contributed by atoms with Crippen molar-refractivity contribution in [1.82, 2.24) is 0 Å². The lowest BCUT2D eigenvalue weighted by Crippen LogP contribution is -2.21. The highest BCUT2D eigenvalue weighted by atomic mass is 35.5. The molecule has 0 fully saturated rings. The topological polar surface area (TPSA) is 26.0 Å². The number of hydrogen-bond donors (Lipinski definition) is 1. The minimum Gasteiger partial charge on any atom is -0.327 e. The second-order valence-electron chi connectivity index (χ2n) is 4.54. The van der Waals surface area contributed by atoms with E-state index in [1.807, 2.05) is 24.3 Å². The number of hydrogen-bond acceptors (Lipinski definition) is 2. The molecule has 2 aromatic carbocycles. The van der Waals surface area contributed by atoms with E-state index in [1.165, 1.54) is 15.4 Å². The second kappa shape index (κ2) is 6.99. The first kappa shape index (κ1) is 14.4. The van der Waals surface area contributed by atoms with Crippen LogP contribution in [-0.4, -0.2) is 6.04 Å². The Bertz CT molecular complexity index is 525. The molecule has 0 spiro atoms. The number of rotatable bonds is 5. The van der Waals surface area contributed by atoms with E-state index in [2.05, 4.69) is 31.2 Å². The first-order chi connectivity index (χ1) is 9.19. The standard InChI is InChI=1S/C16H18ClNS/c1-2-14(18)11-12-5-3-4-6-16(12)19-15-9-7-13(17)8-10-15/h3-10,14H,2,11,18H2,1H3. The summed E-state index contributed by atoms with van der Waals surface area (Å²) in [7, 11) is 0. The van der Waals surface area contributed by atoms with E-state index in [1.54, 1.807) is 11.8 Å². The predicted molar refractivity (Wildman–Crippen MR) is 84.0 cm³/mol. The first-order valence-electron chi connectivity index (χ1n) is 6.46. The van der Waals surface area contributed by atoms with Crippen LogP contribution >= 0.6 is 23.4 Å². The molecule has 1 nitrogen and oxygen atoms in total. The highest BCUT2D eigenvalue weighted by molar-refractivity contribution is 7.99. The molecule has 0 aromatic heterocycles. The quantitative estimate of drug-likeness (QED) is 0.858. The van der Waals surface area contributed by atoms with Gasteiger partial charge >= 0.3 is 0 Å². The van der Waals surface area contributed by atoms with Crippen LogP contribution in [0.15, 0.2) is 58.3 Å². The zero-order valence-corrected chi connectivity index (χ0v) is 12.5. The SMILES string of the molecule is CCC(N)Cc1ccccc1Sc1ccc(Cl)cc1. The van der Waals surface area contributed by atoms with Gasteiger partial charge in [-0.3, -0.25) is 0 Å². The molecule has 0 aliphatic rings. The molecule has 0 saturated heterocycles. The second-order valence-corrected chi connectivity index (χ2v) is 6.09. The summed E-state index contributed by atoms with van der Waals surface area (Å²) in [5.74, 6) is 0. The lowest BCUT2D eigenvalue weighted by Gasteiger charge is -2.13. The minimum absolute atomic E-state index is 0.229. The molecule has 2 rings (SSSR count). The maximum absolute atomic E-state index is 6.06. The Labute approximate surface area is 124 Å². The van der Waals surface area contributed by atoms with Crippen LogP contribution < -0.4 is 5.73 Å². The summed E-state index contributed by atoms with van der Waals surface area (Å²) in [6.07, 6.45) is 1.92. The van der Waals surface area contributed by atoms with Gasteiger partial charge < -0.3 is 5.73 Å². The molecule has 0 heterocycles. The van der Waals surface area contributed by atoms with Crippen LogP contribution in [0.3, 0.4) is 0 Å². The van der Waals surface area contributed by atoms with Crippen molar-refractivity contribution < 1.29 is 0 Å². The van der Waals surface area contributed by atoms with Crippen LogP contribution in [0, 0.1) is 0 Å². The van der Waals surface area contributed by atoms with Crippen molar-refractivity contribution >= 4 is 23.4 Å². The summed E-state index contributed by atoms with van der Waals surface area (Å²) in [4.78, 5) is 2.47. The Hall–Kier alpha value is -0.960. The van der Waals surface area contributed by atoms with Gasteiger partial charge in [0, 0.05) is 20.9 Å². The summed E-state index contributed by atoms with van der Waals surface area (Å²) in [5, 5.41) is 0.769. The van der Waals surface area contributed by atoms with Crippen molar-refractivity contribution in [3.8, 4) is 0 Å². The molecular weight excluding hydrogens is 274 g/mol. The third-order valence-electron chi connectivity index (χ3n) is 3.02. The summed E-state index contributed by atoms with van der Waals surface area (Å²) >= 11 is 7.67. The molecule has 0 aliphatic carbocycles. The molecule has 0 bridgehead atoms. The van der Waals surface area contributed by atoms with Gasteiger partial charge in [0.05, 0.1) is 0 Å². The Morgan fingerprint density at radius 1 is 1.11 bits per heavy atom. The molecule has 3 heteroatoms. The van der Waals surface area contributed by atoms with Crippen LogP contribution in [0.25, 0.3) is 0 Å². The van der Waals surface area contributed by atoms with Gasteiger partial charge in [-0.2, -0.15) is 0 Å². The Morgan fingerprint density at radius 3 is 2.47 bits per heavy atom. The number of benzene rings is 2. The first-order valence-corrected chi connectivity index (χ1v) is 7.65. The van der Waals surface area contributed by atoms with E-state index in [9.17, 15) is 0 Å². The van der Waals surface area contributed by atoms with Crippen LogP contribution in [0.4, 0.5) is 0 Å². The van der Waals surface area contributed by atoms with Gasteiger partial charge in [0.2, 0.25) is 0 Å². The lowest BCUT2D eigenvalue weighted by atomic mass is 10.1. The maximum atomic E-state index is 6.06. The zero-order valence-electron chi connectivity index (χ0n) is 11.0. The van der Waals surface area contributed by atoms with Crippen LogP contribution in [0.5, 0.6) is 0 Å². The van der Waals surface area contributed by atoms with Crippen molar-refractivity contribution in [3.05, 3.63) is 59.1 Å². The zero-order chi connectivity index (χ0) is 13.7. The van der Waals surface area contributed by atoms with Gasteiger partial charge in [-0.25, -0.2) is 0 Å². The van der Waals surface area contributed by atoms with Crippen LogP contribution in [0.1, 0.15) is 18.9 Å². The number of halogens is 1. The monoisotopic (exact) mass is 291 g/mol. The van der Waals surface area contributed by atoms with Gasteiger partial charge in [-0.05, 0) is 48.7 Å². The normalized spacial score (nSPS) is 12.4. The summed E-state index contributed by atoms with van der Waals surface area (Å²) in [5.41, 5.74) is 7.38. The van der Waals surface area contributed by atoms with E-state index < -0.39 is 0 Å². The van der Waals surface area contributed by atoms with Crippen molar-refractivity contribution in [2.45, 2.75) is 35.6 Å². The van der Waals surface area contributed by atoms with E-state index in [4.69, 9.17) is 17.3 Å². The van der Waals surface area contributed by atoms with Crippen molar-refractivity contribution in [1.29, 1.82) is 0 Å². The average Bonchev–Trinajstić information content (AvgIpc) is 2.43. The van der Waals surface area contributed by atoms with Crippen molar-refractivity contribution in [2.24, 2.45) is 5.73 Å². The molecule has 0 radical (unpaired) electrons. The highest BCUT2D eigenvalue weighted by Gasteiger charge is 2.07. The Kier molecular flexibility index (Phi) is 5.32. The van der Waals surface area contributed by atoms with E-state index >= 15 is 0 Å². The van der Waals surface area contributed by atoms with E-state index in [0.29, 0.717) is 0 Å². The molecule has 100 valence electrons. The summed E-state index contributed by atoms with van der Waals surface area (Å²) in [6.45, 7) is 2.12. The van der Waals surface area contributed by atoms with Gasteiger partial charge in [-0.15, -0.1) is 0 Å². The van der Waals surface area contributed by atoms with Gasteiger partial charge in [0.1, 0.15) is 0 Å². The minimum atomic E-state index is 0.229. The molecule has 2 aromatic rings. The van der Waals surface area contributed by atoms with E-state index in [0.717, 1.165) is 17.9 Å². The molecule has 1 unspecified atom stereocenters. The van der Waals surface area contributed by atoms with Crippen molar-refractivity contribution in [2.75, 3.05) is 0 Å². The van der Waals surface area contributed by atoms with Crippen LogP contribution in [0.2, 0.25) is 5.02 Å². The Balaban J connectivity index is 2.17. The molecule has 0 saturated carbocycles. The highest BCUT2D eigenvalue weighted by Crippen LogP contribution is 2.31. The molecule has 0 aliphatic heterocycles. The maximum Gasteiger partial charge on any atom is 0.0406 e. The third kappa shape index (κ3) is 4.27. The smallest absolute Gasteiger partial charge is 0.0406 e. The fourth-order valence-electron chi connectivity index (χ4n) is 1.83. The summed E-state index contributed by atoms with van der Waals surface area (Å²) in [6, 6.07) is 16.6. The summed E-state index contributed by atoms with van der Waals surface area (Å²) < 4.78 is 0. The fourth-order valence-corrected chi connectivity index (χ4v) is 2.91. The largest absolute Gasteiger partial charge is 0.327 e. The Morgan fingerprint density at radius 2 is 1.79 bits per heavy atom. The van der Waals surface area contributed by atoms with Crippen molar-refractivity contribution in [3.63, 3.8) is 0 Å². The molecule has 0 amide bonds.